The van der Waals surface area contributed by atoms with Crippen LogP contribution >= 0.6 is 11.8 Å². The van der Waals surface area contributed by atoms with Crippen LogP contribution in [0, 0.1) is 0 Å². The molecule has 2 aliphatic rings. The number of rotatable bonds is 5. The van der Waals surface area contributed by atoms with Gasteiger partial charge in [0, 0.05) is 0 Å². The largest absolute Gasteiger partial charge is 0.494 e. The van der Waals surface area contributed by atoms with Crippen LogP contribution in [0.4, 0.5) is 0 Å². The van der Waals surface area contributed by atoms with Gasteiger partial charge in [0.15, 0.2) is 5.17 Å². The molecule has 1 aromatic rings. The summed E-state index contributed by atoms with van der Waals surface area (Å²) in [4.78, 5) is 31.5. The van der Waals surface area contributed by atoms with Crippen LogP contribution < -0.4 is 4.74 Å². The second-order valence-corrected chi connectivity index (χ2v) is 7.29. The van der Waals surface area contributed by atoms with Gasteiger partial charge in [0.2, 0.25) is 5.91 Å². The monoisotopic (exact) mass is 374 g/mol. The van der Waals surface area contributed by atoms with Crippen LogP contribution in [0.3, 0.4) is 0 Å². The van der Waals surface area contributed by atoms with Crippen LogP contribution in [0.1, 0.15) is 39.3 Å². The van der Waals surface area contributed by atoms with Crippen LogP contribution in [-0.2, 0) is 14.3 Å². The lowest BCUT2D eigenvalue weighted by Crippen LogP contribution is -2.40. The normalized spacial score (nSPS) is 22.2. The van der Waals surface area contributed by atoms with Gasteiger partial charge in [0.05, 0.1) is 35.8 Å². The molecule has 26 heavy (non-hydrogen) atoms. The number of ether oxygens (including phenoxy) is 2. The number of aliphatic imine (C=N–C) groups is 1. The standard InChI is InChI=1S/C19H22N2O4S/c1-5-24-14-9-7-13(8-10-14)16-15(18(23)25-6-2)11(3)20-19-21(16)17(22)12(4)26-19/h7-10,12,16H,5-6H2,1-4H3. The summed E-state index contributed by atoms with van der Waals surface area (Å²) in [5.41, 5.74) is 1.82. The predicted molar refractivity (Wildman–Crippen MR) is 101 cm³/mol. The van der Waals surface area contributed by atoms with E-state index in [1.165, 1.54) is 11.8 Å². The average Bonchev–Trinajstić information content (AvgIpc) is 2.89. The third kappa shape index (κ3) is 3.23. The summed E-state index contributed by atoms with van der Waals surface area (Å²) in [6.45, 7) is 8.15. The summed E-state index contributed by atoms with van der Waals surface area (Å²) in [7, 11) is 0. The van der Waals surface area contributed by atoms with Gasteiger partial charge in [-0.25, -0.2) is 9.79 Å². The fraction of sp³-hybridized carbons (Fsp3) is 0.421. The van der Waals surface area contributed by atoms with Gasteiger partial charge < -0.3 is 9.47 Å². The van der Waals surface area contributed by atoms with Gasteiger partial charge >= 0.3 is 5.97 Å². The maximum absolute atomic E-state index is 12.8. The summed E-state index contributed by atoms with van der Waals surface area (Å²) in [6, 6.07) is 6.92. The molecular formula is C19H22N2O4S. The molecule has 1 aromatic carbocycles. The zero-order valence-corrected chi connectivity index (χ0v) is 16.1. The fourth-order valence-electron chi connectivity index (χ4n) is 3.10. The summed E-state index contributed by atoms with van der Waals surface area (Å²) in [5, 5.41) is 0.403. The molecule has 2 heterocycles. The van der Waals surface area contributed by atoms with Crippen molar-refractivity contribution in [3.05, 3.63) is 41.1 Å². The highest BCUT2D eigenvalue weighted by Gasteiger charge is 2.46. The number of thioether (sulfide) groups is 1. The van der Waals surface area contributed by atoms with E-state index in [4.69, 9.17) is 9.47 Å². The van der Waals surface area contributed by atoms with Crippen LogP contribution in [0.2, 0.25) is 0 Å². The molecule has 6 nitrogen and oxygen atoms in total. The number of nitrogens with zero attached hydrogens (tertiary/aromatic N) is 2. The van der Waals surface area contributed by atoms with E-state index < -0.39 is 12.0 Å². The molecule has 0 bridgehead atoms. The number of carbonyl (C=O) groups is 2. The third-order valence-corrected chi connectivity index (χ3v) is 5.31. The Bertz CT molecular complexity index is 785. The molecule has 0 aromatic heterocycles. The zero-order valence-electron chi connectivity index (χ0n) is 15.3. The summed E-state index contributed by atoms with van der Waals surface area (Å²) >= 11 is 1.41. The minimum atomic E-state index is -0.540. The van der Waals surface area contributed by atoms with E-state index >= 15 is 0 Å². The lowest BCUT2D eigenvalue weighted by Gasteiger charge is -2.33. The average molecular weight is 374 g/mol. The maximum atomic E-state index is 12.8. The first-order chi connectivity index (χ1) is 12.5. The molecule has 2 atom stereocenters. The molecule has 0 spiro atoms. The molecule has 1 saturated heterocycles. The van der Waals surface area contributed by atoms with Gasteiger partial charge in [-0.15, -0.1) is 0 Å². The van der Waals surface area contributed by atoms with Crippen molar-refractivity contribution in [3.8, 4) is 5.75 Å². The van der Waals surface area contributed by atoms with Gasteiger partial charge in [-0.05, 0) is 45.4 Å². The molecule has 2 aliphatic heterocycles. The Hall–Kier alpha value is -2.28. The SMILES string of the molecule is CCOC(=O)C1=C(C)N=C2SC(C)C(=O)N2C1c1ccc(OCC)cc1. The molecule has 3 rings (SSSR count). The predicted octanol–water partition coefficient (Wildman–Crippen LogP) is 3.30. The summed E-state index contributed by atoms with van der Waals surface area (Å²) in [5.74, 6) is 0.251. The topological polar surface area (TPSA) is 68.2 Å². The van der Waals surface area contributed by atoms with Gasteiger partial charge in [0.25, 0.3) is 0 Å². The quantitative estimate of drug-likeness (QED) is 0.740. The van der Waals surface area contributed by atoms with Crippen molar-refractivity contribution in [1.82, 2.24) is 4.90 Å². The van der Waals surface area contributed by atoms with Crippen molar-refractivity contribution >= 4 is 28.8 Å². The number of amides is 1. The first-order valence-electron chi connectivity index (χ1n) is 8.67. The Balaban J connectivity index is 2.08. The van der Waals surface area contributed by atoms with Crippen LogP contribution in [-0.4, -0.2) is 40.4 Å². The van der Waals surface area contributed by atoms with Crippen molar-refractivity contribution in [2.75, 3.05) is 13.2 Å². The van der Waals surface area contributed by atoms with Crippen molar-refractivity contribution in [1.29, 1.82) is 0 Å². The molecular weight excluding hydrogens is 352 g/mol. The highest BCUT2D eigenvalue weighted by Crippen LogP contribution is 2.43. The number of allylic oxidation sites excluding steroid dienone is 1. The minimum Gasteiger partial charge on any atom is -0.494 e. The lowest BCUT2D eigenvalue weighted by molar-refractivity contribution is -0.139. The Morgan fingerprint density at radius 3 is 2.54 bits per heavy atom. The van der Waals surface area contributed by atoms with Gasteiger partial charge in [0.1, 0.15) is 5.75 Å². The Kier molecular flexibility index (Phi) is 5.36. The number of fused-ring (bicyclic) bond motifs is 1. The number of amidine groups is 1. The third-order valence-electron chi connectivity index (χ3n) is 4.26. The fourth-order valence-corrected chi connectivity index (χ4v) is 4.13. The maximum Gasteiger partial charge on any atom is 0.338 e. The van der Waals surface area contributed by atoms with Crippen LogP contribution in [0.15, 0.2) is 40.5 Å². The number of esters is 1. The molecule has 0 aliphatic carbocycles. The molecule has 0 radical (unpaired) electrons. The van der Waals surface area contributed by atoms with Gasteiger partial charge in [-0.2, -0.15) is 0 Å². The van der Waals surface area contributed by atoms with Crippen molar-refractivity contribution in [2.45, 2.75) is 39.0 Å². The molecule has 2 unspecified atom stereocenters. The molecule has 7 heteroatoms. The highest BCUT2D eigenvalue weighted by molar-refractivity contribution is 8.15. The van der Waals surface area contributed by atoms with Crippen molar-refractivity contribution < 1.29 is 19.1 Å². The van der Waals surface area contributed by atoms with E-state index in [1.807, 2.05) is 38.1 Å². The number of benzene rings is 1. The van der Waals surface area contributed by atoms with Crippen LogP contribution in [0.5, 0.6) is 5.75 Å². The van der Waals surface area contributed by atoms with Gasteiger partial charge in [-0.3, -0.25) is 9.69 Å². The first kappa shape index (κ1) is 18.5. The molecule has 0 N–H and O–H groups in total. The van der Waals surface area contributed by atoms with E-state index in [0.717, 1.165) is 11.3 Å². The second-order valence-electron chi connectivity index (χ2n) is 5.99. The van der Waals surface area contributed by atoms with E-state index in [1.54, 1.807) is 18.7 Å². The Morgan fingerprint density at radius 1 is 1.23 bits per heavy atom. The summed E-state index contributed by atoms with van der Waals surface area (Å²) < 4.78 is 10.7. The molecule has 138 valence electrons. The van der Waals surface area contributed by atoms with E-state index in [2.05, 4.69) is 4.99 Å². The highest BCUT2D eigenvalue weighted by atomic mass is 32.2. The number of hydrogen-bond acceptors (Lipinski definition) is 6. The van der Waals surface area contributed by atoms with E-state index in [9.17, 15) is 9.59 Å². The van der Waals surface area contributed by atoms with Crippen molar-refractivity contribution in [2.24, 2.45) is 4.99 Å². The van der Waals surface area contributed by atoms with Gasteiger partial charge in [-0.1, -0.05) is 23.9 Å². The van der Waals surface area contributed by atoms with E-state index in [-0.39, 0.29) is 17.8 Å². The first-order valence-corrected chi connectivity index (χ1v) is 9.54. The number of hydrogen-bond donors (Lipinski definition) is 0. The lowest BCUT2D eigenvalue weighted by atomic mass is 9.94. The second kappa shape index (κ2) is 7.53. The van der Waals surface area contributed by atoms with Crippen LogP contribution in [0.25, 0.3) is 0 Å². The molecule has 1 fully saturated rings. The summed E-state index contributed by atoms with van der Waals surface area (Å²) in [6.07, 6.45) is 0. The number of carbonyl (C=O) groups excluding carboxylic acids is 2. The van der Waals surface area contributed by atoms with Crippen molar-refractivity contribution in [3.63, 3.8) is 0 Å². The van der Waals surface area contributed by atoms with E-state index in [0.29, 0.717) is 23.0 Å². The Labute approximate surface area is 157 Å². The molecule has 0 saturated carbocycles. The smallest absolute Gasteiger partial charge is 0.338 e. The molecule has 1 amide bonds. The Morgan fingerprint density at radius 2 is 1.92 bits per heavy atom. The minimum absolute atomic E-state index is 0.0538. The zero-order chi connectivity index (χ0) is 18.8.